The predicted molar refractivity (Wildman–Crippen MR) is 71.0 cm³/mol. The van der Waals surface area contributed by atoms with Crippen molar-refractivity contribution >= 4 is 11.9 Å². The summed E-state index contributed by atoms with van der Waals surface area (Å²) in [6, 6.07) is 9.40. The molecule has 0 radical (unpaired) electrons. The molecule has 1 rings (SSSR count). The minimum atomic E-state index is -0.916. The van der Waals surface area contributed by atoms with Gasteiger partial charge in [0.1, 0.15) is 5.75 Å². The largest absolute Gasteiger partial charge is 0.494 e. The van der Waals surface area contributed by atoms with E-state index in [-0.39, 0.29) is 24.8 Å². The monoisotopic (exact) mass is 265 g/mol. The van der Waals surface area contributed by atoms with E-state index in [4.69, 9.17) is 9.84 Å². The summed E-state index contributed by atoms with van der Waals surface area (Å²) in [6.07, 6.45) is 0.534. The van der Waals surface area contributed by atoms with Gasteiger partial charge in [0.15, 0.2) is 0 Å². The van der Waals surface area contributed by atoms with Crippen LogP contribution in [0.1, 0.15) is 19.8 Å². The van der Waals surface area contributed by atoms with Gasteiger partial charge < -0.3 is 15.2 Å². The van der Waals surface area contributed by atoms with Gasteiger partial charge in [-0.15, -0.1) is 0 Å². The lowest BCUT2D eigenvalue weighted by atomic mass is 10.1. The summed E-state index contributed by atoms with van der Waals surface area (Å²) in [5.41, 5.74) is 0. The minimum absolute atomic E-state index is 0.0566. The van der Waals surface area contributed by atoms with E-state index in [2.05, 4.69) is 5.32 Å². The van der Waals surface area contributed by atoms with Crippen LogP contribution >= 0.6 is 0 Å². The van der Waals surface area contributed by atoms with Crippen molar-refractivity contribution in [2.24, 2.45) is 5.92 Å². The van der Waals surface area contributed by atoms with Crippen LogP contribution < -0.4 is 10.1 Å². The van der Waals surface area contributed by atoms with Crippen molar-refractivity contribution in [3.05, 3.63) is 30.3 Å². The topological polar surface area (TPSA) is 75.6 Å². The third-order valence-electron chi connectivity index (χ3n) is 2.65. The molecule has 104 valence electrons. The Hall–Kier alpha value is -2.04. The average molecular weight is 265 g/mol. The Morgan fingerprint density at radius 2 is 2.00 bits per heavy atom. The number of hydrogen-bond donors (Lipinski definition) is 2. The van der Waals surface area contributed by atoms with Gasteiger partial charge in [0.25, 0.3) is 0 Å². The molecule has 19 heavy (non-hydrogen) atoms. The molecule has 0 fully saturated rings. The molecule has 1 unspecified atom stereocenters. The van der Waals surface area contributed by atoms with E-state index >= 15 is 0 Å². The molecule has 1 atom stereocenters. The van der Waals surface area contributed by atoms with Crippen LogP contribution in [-0.4, -0.2) is 30.1 Å². The lowest BCUT2D eigenvalue weighted by molar-refractivity contribution is -0.137. The van der Waals surface area contributed by atoms with Crippen LogP contribution in [-0.2, 0) is 9.59 Å². The van der Waals surface area contributed by atoms with E-state index in [1.54, 1.807) is 6.92 Å². The van der Waals surface area contributed by atoms with Crippen LogP contribution in [0.15, 0.2) is 30.3 Å². The molecule has 5 nitrogen and oxygen atoms in total. The Morgan fingerprint density at radius 1 is 1.32 bits per heavy atom. The number of carboxylic acid groups (broad SMARTS) is 1. The quantitative estimate of drug-likeness (QED) is 0.750. The smallest absolute Gasteiger partial charge is 0.305 e. The van der Waals surface area contributed by atoms with Crippen LogP contribution in [0.4, 0.5) is 0 Å². The number of hydrogen-bond acceptors (Lipinski definition) is 3. The zero-order chi connectivity index (χ0) is 14.1. The first-order valence-electron chi connectivity index (χ1n) is 6.27. The van der Waals surface area contributed by atoms with Crippen LogP contribution in [0.3, 0.4) is 0 Å². The fourth-order valence-electron chi connectivity index (χ4n) is 1.47. The van der Waals surface area contributed by atoms with Gasteiger partial charge in [-0.05, 0) is 18.6 Å². The highest BCUT2D eigenvalue weighted by Crippen LogP contribution is 2.10. The normalized spacial score (nSPS) is 11.6. The maximum atomic E-state index is 11.6. The Balaban J connectivity index is 2.18. The van der Waals surface area contributed by atoms with Crippen molar-refractivity contribution in [2.45, 2.75) is 19.8 Å². The molecule has 0 bridgehead atoms. The standard InChI is InChI=1S/C14H19NO4/c1-11(14(18)15-9-7-13(16)17)8-10-19-12-5-3-2-4-6-12/h2-6,11H,7-10H2,1H3,(H,15,18)(H,16,17). The number of benzene rings is 1. The fraction of sp³-hybridized carbons (Fsp3) is 0.429. The summed E-state index contributed by atoms with van der Waals surface area (Å²) >= 11 is 0. The van der Waals surface area contributed by atoms with E-state index in [1.165, 1.54) is 0 Å². The lowest BCUT2D eigenvalue weighted by Crippen LogP contribution is -2.31. The van der Waals surface area contributed by atoms with Gasteiger partial charge >= 0.3 is 5.97 Å². The highest BCUT2D eigenvalue weighted by molar-refractivity contribution is 5.78. The molecular weight excluding hydrogens is 246 g/mol. The summed E-state index contributed by atoms with van der Waals surface area (Å²) in [5.74, 6) is -0.475. The van der Waals surface area contributed by atoms with Crippen LogP contribution in [0.5, 0.6) is 5.75 Å². The van der Waals surface area contributed by atoms with Gasteiger partial charge in [-0.1, -0.05) is 25.1 Å². The maximum absolute atomic E-state index is 11.6. The molecule has 1 amide bonds. The molecule has 2 N–H and O–H groups in total. The number of aliphatic carboxylic acids is 1. The van der Waals surface area contributed by atoms with Crippen LogP contribution in [0.2, 0.25) is 0 Å². The van der Waals surface area contributed by atoms with Gasteiger partial charge in [-0.3, -0.25) is 9.59 Å². The zero-order valence-electron chi connectivity index (χ0n) is 11.0. The minimum Gasteiger partial charge on any atom is -0.494 e. The Labute approximate surface area is 112 Å². The van der Waals surface area contributed by atoms with E-state index < -0.39 is 5.97 Å². The highest BCUT2D eigenvalue weighted by Gasteiger charge is 2.12. The average Bonchev–Trinajstić information content (AvgIpc) is 2.39. The predicted octanol–water partition coefficient (Wildman–Crippen LogP) is 1.68. The second kappa shape index (κ2) is 8.13. The fourth-order valence-corrected chi connectivity index (χ4v) is 1.47. The van der Waals surface area contributed by atoms with Crippen molar-refractivity contribution in [2.75, 3.05) is 13.2 Å². The first-order valence-corrected chi connectivity index (χ1v) is 6.27. The zero-order valence-corrected chi connectivity index (χ0v) is 11.0. The van der Waals surface area contributed by atoms with Gasteiger partial charge in [-0.2, -0.15) is 0 Å². The molecule has 5 heteroatoms. The van der Waals surface area contributed by atoms with Crippen LogP contribution in [0, 0.1) is 5.92 Å². The summed E-state index contributed by atoms with van der Waals surface area (Å²) in [4.78, 5) is 21.9. The Bertz CT molecular complexity index is 405. The van der Waals surface area contributed by atoms with Crippen molar-refractivity contribution in [3.63, 3.8) is 0 Å². The number of carbonyl (C=O) groups excluding carboxylic acids is 1. The van der Waals surface area contributed by atoms with E-state index in [0.29, 0.717) is 13.0 Å². The first kappa shape index (κ1) is 15.0. The Morgan fingerprint density at radius 3 is 2.63 bits per heavy atom. The SMILES string of the molecule is CC(CCOc1ccccc1)C(=O)NCCC(=O)O. The maximum Gasteiger partial charge on any atom is 0.305 e. The first-order chi connectivity index (χ1) is 9.09. The number of carbonyl (C=O) groups is 2. The molecule has 0 saturated heterocycles. The van der Waals surface area contributed by atoms with Crippen molar-refractivity contribution < 1.29 is 19.4 Å². The van der Waals surface area contributed by atoms with E-state index in [1.807, 2.05) is 30.3 Å². The second-order valence-corrected chi connectivity index (χ2v) is 4.29. The molecule has 0 saturated carbocycles. The summed E-state index contributed by atoms with van der Waals surface area (Å²) < 4.78 is 5.50. The number of ether oxygens (including phenoxy) is 1. The van der Waals surface area contributed by atoms with Gasteiger partial charge in [0.2, 0.25) is 5.91 Å². The molecular formula is C14H19NO4. The van der Waals surface area contributed by atoms with Crippen molar-refractivity contribution in [3.8, 4) is 5.75 Å². The summed E-state index contributed by atoms with van der Waals surface area (Å²) in [6.45, 7) is 2.42. The van der Waals surface area contributed by atoms with Crippen molar-refractivity contribution in [1.29, 1.82) is 0 Å². The molecule has 0 aromatic heterocycles. The van der Waals surface area contributed by atoms with Gasteiger partial charge in [0.05, 0.1) is 13.0 Å². The molecule has 0 heterocycles. The van der Waals surface area contributed by atoms with Crippen LogP contribution in [0.25, 0.3) is 0 Å². The van der Waals surface area contributed by atoms with Gasteiger partial charge in [0, 0.05) is 12.5 Å². The third-order valence-corrected chi connectivity index (χ3v) is 2.65. The molecule has 1 aromatic rings. The highest BCUT2D eigenvalue weighted by atomic mass is 16.5. The van der Waals surface area contributed by atoms with Crippen molar-refractivity contribution in [1.82, 2.24) is 5.32 Å². The number of amides is 1. The third kappa shape index (κ3) is 6.45. The van der Waals surface area contributed by atoms with E-state index in [0.717, 1.165) is 5.75 Å². The second-order valence-electron chi connectivity index (χ2n) is 4.29. The molecule has 0 aliphatic carbocycles. The molecule has 0 spiro atoms. The lowest BCUT2D eigenvalue weighted by Gasteiger charge is -2.12. The number of rotatable bonds is 8. The molecule has 0 aliphatic rings. The number of nitrogens with one attached hydrogen (secondary N) is 1. The Kier molecular flexibility index (Phi) is 6.43. The summed E-state index contributed by atoms with van der Waals surface area (Å²) in [5, 5.41) is 11.0. The number of carboxylic acids is 1. The number of para-hydroxylation sites is 1. The van der Waals surface area contributed by atoms with E-state index in [9.17, 15) is 9.59 Å². The molecule has 0 aliphatic heterocycles. The summed E-state index contributed by atoms with van der Waals surface area (Å²) in [7, 11) is 0. The van der Waals surface area contributed by atoms with Gasteiger partial charge in [-0.25, -0.2) is 0 Å². The molecule has 1 aromatic carbocycles.